The van der Waals surface area contributed by atoms with Gasteiger partial charge >= 0.3 is 6.18 Å². The van der Waals surface area contributed by atoms with Crippen LogP contribution in [0.1, 0.15) is 46.3 Å². The number of alkyl halides is 3. The number of Topliss-reactive ketones (excluding diaryl/α,β-unsaturated/α-hetero) is 1. The zero-order valence-corrected chi connectivity index (χ0v) is 17.5. The number of aliphatic hydroxyl groups is 1. The molecule has 1 fully saturated rings. The molecule has 1 unspecified atom stereocenters. The summed E-state index contributed by atoms with van der Waals surface area (Å²) in [6.07, 6.45) is -2.28. The molecule has 0 saturated carbocycles. The lowest BCUT2D eigenvalue weighted by atomic mass is 9.80. The van der Waals surface area contributed by atoms with Crippen molar-refractivity contribution >= 4 is 5.78 Å². The number of rotatable bonds is 3. The summed E-state index contributed by atoms with van der Waals surface area (Å²) >= 11 is 0. The molecule has 5 nitrogen and oxygen atoms in total. The molecule has 1 aliphatic carbocycles. The van der Waals surface area contributed by atoms with Crippen molar-refractivity contribution in [3.63, 3.8) is 0 Å². The van der Waals surface area contributed by atoms with Crippen molar-refractivity contribution in [3.8, 4) is 11.5 Å². The van der Waals surface area contributed by atoms with Gasteiger partial charge in [0.15, 0.2) is 17.3 Å². The number of fused-ring (bicyclic) bond motifs is 2. The third-order valence-electron chi connectivity index (χ3n) is 6.89. The topological polar surface area (TPSA) is 59.0 Å². The first-order valence-electron chi connectivity index (χ1n) is 10.8. The van der Waals surface area contributed by atoms with Gasteiger partial charge in [0.25, 0.3) is 0 Å². The summed E-state index contributed by atoms with van der Waals surface area (Å²) in [4.78, 5) is 15.2. The molecule has 3 aliphatic rings. The number of ketones is 1. The Morgan fingerprint density at radius 3 is 2.53 bits per heavy atom. The lowest BCUT2D eigenvalue weighted by Crippen LogP contribution is -2.45. The zero-order chi connectivity index (χ0) is 22.5. The number of likely N-dealkylation sites (tertiary alicyclic amines) is 1. The summed E-state index contributed by atoms with van der Waals surface area (Å²) in [5.41, 5.74) is -0.0845. The molecule has 0 bridgehead atoms. The molecule has 8 heteroatoms. The molecular formula is C24H24F3NO4. The van der Waals surface area contributed by atoms with Gasteiger partial charge in [-0.15, -0.1) is 0 Å². The molecule has 1 atom stereocenters. The van der Waals surface area contributed by atoms with Gasteiger partial charge in [-0.2, -0.15) is 13.2 Å². The quantitative estimate of drug-likeness (QED) is 0.766. The van der Waals surface area contributed by atoms with Crippen LogP contribution in [0, 0.1) is 5.92 Å². The van der Waals surface area contributed by atoms with Crippen LogP contribution >= 0.6 is 0 Å². The van der Waals surface area contributed by atoms with Crippen LogP contribution in [-0.4, -0.2) is 42.2 Å². The van der Waals surface area contributed by atoms with Crippen LogP contribution in [0.2, 0.25) is 0 Å². The molecule has 32 heavy (non-hydrogen) atoms. The summed E-state index contributed by atoms with van der Waals surface area (Å²) in [5, 5.41) is 11.0. The minimum Gasteiger partial charge on any atom is -0.454 e. The second-order valence-corrected chi connectivity index (χ2v) is 8.87. The molecule has 2 aromatic rings. The summed E-state index contributed by atoms with van der Waals surface area (Å²) in [6, 6.07) is 8.61. The van der Waals surface area contributed by atoms with E-state index in [1.165, 1.54) is 6.07 Å². The number of carbonyl (C=O) groups is 1. The highest BCUT2D eigenvalue weighted by atomic mass is 19.4. The van der Waals surface area contributed by atoms with Crippen molar-refractivity contribution in [2.45, 2.75) is 37.5 Å². The van der Waals surface area contributed by atoms with E-state index in [0.29, 0.717) is 55.1 Å². The summed E-state index contributed by atoms with van der Waals surface area (Å²) in [5.74, 6) is 1.22. The average Bonchev–Trinajstić information content (AvgIpc) is 3.23. The Labute approximate surface area is 183 Å². The monoisotopic (exact) mass is 447 g/mol. The first kappa shape index (κ1) is 21.3. The molecule has 5 rings (SSSR count). The fourth-order valence-corrected chi connectivity index (χ4v) is 4.97. The van der Waals surface area contributed by atoms with Gasteiger partial charge in [-0.3, -0.25) is 4.79 Å². The number of aryl methyl sites for hydroxylation is 1. The molecule has 2 heterocycles. The lowest BCUT2D eigenvalue weighted by molar-refractivity contribution is -0.137. The van der Waals surface area contributed by atoms with E-state index >= 15 is 0 Å². The van der Waals surface area contributed by atoms with Crippen molar-refractivity contribution in [2.24, 2.45) is 5.92 Å². The number of halogens is 3. The number of hydrogen-bond donors (Lipinski definition) is 1. The van der Waals surface area contributed by atoms with E-state index in [1.807, 2.05) is 6.07 Å². The number of piperidine rings is 1. The van der Waals surface area contributed by atoms with E-state index in [0.717, 1.165) is 30.5 Å². The predicted octanol–water partition coefficient (Wildman–Crippen LogP) is 4.16. The standard InChI is InChI=1S/C24H24F3NO4/c25-24(26,27)18-3-1-2-17(11-18)23(30)6-8-28(9-7-23)13-16-5-4-15-10-20-21(32-14-31-20)12-19(15)22(16)29/h1-3,10-12,16,30H,4-9,13-14H2. The smallest absolute Gasteiger partial charge is 0.416 e. The third kappa shape index (κ3) is 3.86. The molecule has 0 radical (unpaired) electrons. The van der Waals surface area contributed by atoms with Crippen LogP contribution in [0.5, 0.6) is 11.5 Å². The normalized spacial score (nSPS) is 22.6. The number of benzene rings is 2. The highest BCUT2D eigenvalue weighted by molar-refractivity contribution is 6.01. The second-order valence-electron chi connectivity index (χ2n) is 8.87. The van der Waals surface area contributed by atoms with Gasteiger partial charge in [-0.1, -0.05) is 12.1 Å². The molecule has 2 aliphatic heterocycles. The fraction of sp³-hybridized carbons (Fsp3) is 0.458. The minimum absolute atomic E-state index is 0.0864. The van der Waals surface area contributed by atoms with E-state index in [4.69, 9.17) is 9.47 Å². The summed E-state index contributed by atoms with van der Waals surface area (Å²) in [6.45, 7) is 1.78. The van der Waals surface area contributed by atoms with Crippen molar-refractivity contribution in [2.75, 3.05) is 26.4 Å². The van der Waals surface area contributed by atoms with Crippen molar-refractivity contribution in [1.82, 2.24) is 4.90 Å². The van der Waals surface area contributed by atoms with Crippen molar-refractivity contribution < 1.29 is 32.5 Å². The molecular weight excluding hydrogens is 423 g/mol. The van der Waals surface area contributed by atoms with Crippen molar-refractivity contribution in [3.05, 3.63) is 58.7 Å². The number of carbonyl (C=O) groups excluding carboxylic acids is 1. The Balaban J connectivity index is 1.24. The molecule has 0 amide bonds. The maximum Gasteiger partial charge on any atom is 0.416 e. The van der Waals surface area contributed by atoms with Gasteiger partial charge in [-0.05, 0) is 61.1 Å². The van der Waals surface area contributed by atoms with Crippen LogP contribution in [0.25, 0.3) is 0 Å². The molecule has 0 aromatic heterocycles. The van der Waals surface area contributed by atoms with Gasteiger partial charge in [0.1, 0.15) is 0 Å². The average molecular weight is 447 g/mol. The number of nitrogens with zero attached hydrogens (tertiary/aromatic N) is 1. The Bertz CT molecular complexity index is 1040. The predicted molar refractivity (Wildman–Crippen MR) is 110 cm³/mol. The van der Waals surface area contributed by atoms with Gasteiger partial charge in [0.05, 0.1) is 11.2 Å². The molecule has 1 saturated heterocycles. The van der Waals surface area contributed by atoms with Crippen LogP contribution < -0.4 is 9.47 Å². The Kier molecular flexibility index (Phi) is 5.17. The Morgan fingerprint density at radius 2 is 1.81 bits per heavy atom. The summed E-state index contributed by atoms with van der Waals surface area (Å²) in [7, 11) is 0. The van der Waals surface area contributed by atoms with Crippen LogP contribution in [-0.2, 0) is 18.2 Å². The minimum atomic E-state index is -4.44. The van der Waals surface area contributed by atoms with E-state index in [9.17, 15) is 23.1 Å². The molecule has 170 valence electrons. The highest BCUT2D eigenvalue weighted by Crippen LogP contribution is 2.40. The van der Waals surface area contributed by atoms with E-state index in [1.54, 1.807) is 12.1 Å². The van der Waals surface area contributed by atoms with E-state index in [-0.39, 0.29) is 18.5 Å². The number of ether oxygens (including phenoxy) is 2. The van der Waals surface area contributed by atoms with Gasteiger partial charge in [0, 0.05) is 31.1 Å². The summed E-state index contributed by atoms with van der Waals surface area (Å²) < 4.78 is 50.0. The Morgan fingerprint density at radius 1 is 1.09 bits per heavy atom. The molecule has 1 N–H and O–H groups in total. The molecule has 2 aromatic carbocycles. The largest absolute Gasteiger partial charge is 0.454 e. The first-order chi connectivity index (χ1) is 15.2. The van der Waals surface area contributed by atoms with E-state index in [2.05, 4.69) is 4.90 Å². The van der Waals surface area contributed by atoms with Crippen LogP contribution in [0.4, 0.5) is 13.2 Å². The van der Waals surface area contributed by atoms with Crippen LogP contribution in [0.3, 0.4) is 0 Å². The maximum absolute atomic E-state index is 13.1. The zero-order valence-electron chi connectivity index (χ0n) is 17.5. The van der Waals surface area contributed by atoms with Gasteiger partial charge in [0.2, 0.25) is 6.79 Å². The van der Waals surface area contributed by atoms with Gasteiger partial charge < -0.3 is 19.5 Å². The SMILES string of the molecule is O=C1c2cc3c(cc2CCC1CN1CCC(O)(c2cccc(C(F)(F)F)c2)CC1)OCO3. The first-order valence-corrected chi connectivity index (χ1v) is 10.8. The van der Waals surface area contributed by atoms with Gasteiger partial charge in [-0.25, -0.2) is 0 Å². The van der Waals surface area contributed by atoms with E-state index < -0.39 is 17.3 Å². The molecule has 0 spiro atoms. The second kappa shape index (κ2) is 7.78. The third-order valence-corrected chi connectivity index (χ3v) is 6.89. The Hall–Kier alpha value is -2.58. The van der Waals surface area contributed by atoms with Crippen molar-refractivity contribution in [1.29, 1.82) is 0 Å². The lowest BCUT2D eigenvalue weighted by Gasteiger charge is -2.40. The van der Waals surface area contributed by atoms with Crippen LogP contribution in [0.15, 0.2) is 36.4 Å². The fourth-order valence-electron chi connectivity index (χ4n) is 4.97. The maximum atomic E-state index is 13.1. The number of hydrogen-bond acceptors (Lipinski definition) is 5. The highest BCUT2D eigenvalue weighted by Gasteiger charge is 2.38.